The Morgan fingerprint density at radius 3 is 2.27 bits per heavy atom. The van der Waals surface area contributed by atoms with Gasteiger partial charge in [-0.1, -0.05) is 71.0 Å². The van der Waals surface area contributed by atoms with Gasteiger partial charge in [-0.15, -0.1) is 0 Å². The van der Waals surface area contributed by atoms with E-state index in [1.54, 1.807) is 6.07 Å². The van der Waals surface area contributed by atoms with Crippen LogP contribution < -0.4 is 4.57 Å². The van der Waals surface area contributed by atoms with Crippen LogP contribution in [0.15, 0.2) is 54.7 Å². The van der Waals surface area contributed by atoms with Crippen LogP contribution in [-0.4, -0.2) is 0 Å². The SMILES string of the molecule is [2H]C([2H])([2H])c1cc(C)c(-c2cc(C([2H])([2H])C(C)C)c(C([2H])(C)C(C)C)c[n+]2C)cc1-c1ccccc1. The van der Waals surface area contributed by atoms with E-state index in [-0.39, 0.29) is 11.8 Å². The van der Waals surface area contributed by atoms with Crippen molar-refractivity contribution in [2.75, 3.05) is 0 Å². The molecule has 1 unspecified atom stereocenters. The van der Waals surface area contributed by atoms with Crippen molar-refractivity contribution in [3.8, 4) is 22.4 Å². The maximum absolute atomic E-state index is 9.10. The molecule has 3 aromatic rings. The molecule has 0 aliphatic heterocycles. The van der Waals surface area contributed by atoms with E-state index in [0.29, 0.717) is 22.3 Å². The molecular formula is C29H38N+. The molecule has 1 heteroatoms. The molecule has 0 bridgehead atoms. The van der Waals surface area contributed by atoms with Crippen LogP contribution >= 0.6 is 0 Å². The second-order valence-corrected chi connectivity index (χ2v) is 8.81. The lowest BCUT2D eigenvalue weighted by Crippen LogP contribution is -2.33. The van der Waals surface area contributed by atoms with Crippen LogP contribution in [0, 0.1) is 25.6 Å². The Hall–Kier alpha value is -2.41. The third kappa shape index (κ3) is 4.67. The van der Waals surface area contributed by atoms with Crippen molar-refractivity contribution in [1.29, 1.82) is 0 Å². The molecule has 1 heterocycles. The summed E-state index contributed by atoms with van der Waals surface area (Å²) < 4.78 is 53.4. The van der Waals surface area contributed by atoms with E-state index in [9.17, 15) is 0 Å². The van der Waals surface area contributed by atoms with Crippen LogP contribution in [0.2, 0.25) is 0 Å². The summed E-state index contributed by atoms with van der Waals surface area (Å²) in [4.78, 5) is 0. The highest BCUT2D eigenvalue weighted by Gasteiger charge is 2.23. The van der Waals surface area contributed by atoms with Crippen molar-refractivity contribution >= 4 is 0 Å². The molecule has 2 aromatic carbocycles. The lowest BCUT2D eigenvalue weighted by Gasteiger charge is -2.21. The molecule has 0 saturated carbocycles. The quantitative estimate of drug-likeness (QED) is 0.375. The third-order valence-electron chi connectivity index (χ3n) is 5.73. The highest BCUT2D eigenvalue weighted by atomic mass is 14.9. The lowest BCUT2D eigenvalue weighted by molar-refractivity contribution is -0.661. The maximum atomic E-state index is 9.10. The minimum Gasteiger partial charge on any atom is -0.201 e. The van der Waals surface area contributed by atoms with Crippen molar-refractivity contribution in [3.63, 3.8) is 0 Å². The second-order valence-electron chi connectivity index (χ2n) is 8.81. The maximum Gasteiger partial charge on any atom is 0.212 e. The molecule has 0 amide bonds. The second kappa shape index (κ2) is 9.16. The molecule has 0 aliphatic rings. The average molecular weight is 407 g/mol. The first-order valence-corrected chi connectivity index (χ1v) is 10.7. The summed E-state index contributed by atoms with van der Waals surface area (Å²) in [5.41, 5.74) is 5.36. The first-order chi connectivity index (χ1) is 16.5. The summed E-state index contributed by atoms with van der Waals surface area (Å²) in [6, 6.07) is 15.0. The summed E-state index contributed by atoms with van der Waals surface area (Å²) in [5.74, 6) is -1.29. The standard InChI is InChI=1S/C29H38N/c1-19(2)14-25-16-29(30(8)18-28(25)23(7)20(3)4)27-17-26(21(5)15-22(27)6)24-12-10-9-11-13-24/h9-13,15-20,23H,14H2,1-8H3/q+1/i5D3,14D2,23D. The Labute approximate surface area is 192 Å². The number of rotatable bonds is 6. The molecule has 1 aromatic heterocycles. The number of pyridine rings is 1. The van der Waals surface area contributed by atoms with Gasteiger partial charge in [-0.3, -0.25) is 0 Å². The Balaban J connectivity index is 2.40. The summed E-state index contributed by atoms with van der Waals surface area (Å²) in [6.07, 6.45) is 0.238. The number of aromatic nitrogens is 1. The lowest BCUT2D eigenvalue weighted by atomic mass is 9.84. The number of hydrogen-bond acceptors (Lipinski definition) is 0. The van der Waals surface area contributed by atoms with Gasteiger partial charge in [0.05, 0.1) is 0 Å². The predicted octanol–water partition coefficient (Wildman–Crippen LogP) is 7.42. The van der Waals surface area contributed by atoms with Crippen LogP contribution in [0.5, 0.6) is 0 Å². The van der Waals surface area contributed by atoms with Crippen molar-refractivity contribution in [3.05, 3.63) is 77.0 Å². The normalized spacial score (nSPS) is 17.5. The summed E-state index contributed by atoms with van der Waals surface area (Å²) in [5, 5.41) is 0. The molecule has 0 aliphatic carbocycles. The van der Waals surface area contributed by atoms with E-state index >= 15 is 0 Å². The summed E-state index contributed by atoms with van der Waals surface area (Å²) in [7, 11) is 1.91. The van der Waals surface area contributed by atoms with E-state index in [0.717, 1.165) is 22.4 Å². The zero-order valence-electron chi connectivity index (χ0n) is 25.3. The van der Waals surface area contributed by atoms with E-state index in [1.807, 2.05) is 102 Å². The van der Waals surface area contributed by atoms with Gasteiger partial charge in [0.25, 0.3) is 0 Å². The van der Waals surface area contributed by atoms with Gasteiger partial charge < -0.3 is 0 Å². The van der Waals surface area contributed by atoms with Gasteiger partial charge in [-0.2, -0.15) is 0 Å². The first-order valence-electron chi connectivity index (χ1n) is 13.7. The monoisotopic (exact) mass is 406 g/mol. The Bertz CT molecular complexity index is 1240. The Morgan fingerprint density at radius 1 is 0.967 bits per heavy atom. The molecule has 0 radical (unpaired) electrons. The van der Waals surface area contributed by atoms with Crippen LogP contribution in [0.4, 0.5) is 0 Å². The number of hydrogen-bond donors (Lipinski definition) is 0. The van der Waals surface area contributed by atoms with Gasteiger partial charge in [0.1, 0.15) is 7.05 Å². The topological polar surface area (TPSA) is 3.88 Å². The van der Waals surface area contributed by atoms with Gasteiger partial charge in [-0.25, -0.2) is 4.57 Å². The van der Waals surface area contributed by atoms with E-state index in [1.165, 1.54) is 0 Å². The van der Waals surface area contributed by atoms with Gasteiger partial charge >= 0.3 is 0 Å². The molecule has 158 valence electrons. The highest BCUT2D eigenvalue weighted by Crippen LogP contribution is 2.34. The fourth-order valence-corrected chi connectivity index (χ4v) is 3.81. The van der Waals surface area contributed by atoms with E-state index in [2.05, 4.69) is 0 Å². The average Bonchev–Trinajstić information content (AvgIpc) is 2.78. The first kappa shape index (κ1) is 15.4. The van der Waals surface area contributed by atoms with E-state index < -0.39 is 19.1 Å². The largest absolute Gasteiger partial charge is 0.212 e. The Morgan fingerprint density at radius 2 is 1.67 bits per heavy atom. The van der Waals surface area contributed by atoms with Crippen molar-refractivity contribution in [1.82, 2.24) is 0 Å². The summed E-state index contributed by atoms with van der Waals surface area (Å²) >= 11 is 0. The molecule has 1 atom stereocenters. The zero-order valence-corrected chi connectivity index (χ0v) is 19.3. The van der Waals surface area contributed by atoms with Crippen molar-refractivity contribution in [2.24, 2.45) is 18.9 Å². The Kier molecular flexibility index (Phi) is 4.70. The van der Waals surface area contributed by atoms with Gasteiger partial charge in [0.15, 0.2) is 6.20 Å². The van der Waals surface area contributed by atoms with Gasteiger partial charge in [0, 0.05) is 25.4 Å². The molecule has 0 saturated heterocycles. The fraction of sp³-hybridized carbons (Fsp3) is 0.414. The van der Waals surface area contributed by atoms with Crippen LogP contribution in [-0.2, 0) is 13.4 Å². The van der Waals surface area contributed by atoms with Crippen LogP contribution in [0.3, 0.4) is 0 Å². The molecule has 3 rings (SSSR count). The van der Waals surface area contributed by atoms with Gasteiger partial charge in [0.2, 0.25) is 5.69 Å². The smallest absolute Gasteiger partial charge is 0.201 e. The highest BCUT2D eigenvalue weighted by molar-refractivity contribution is 5.75. The van der Waals surface area contributed by atoms with Crippen LogP contribution in [0.1, 0.15) is 71.0 Å². The predicted molar refractivity (Wildman–Crippen MR) is 130 cm³/mol. The minimum atomic E-state index is -2.27. The zero-order chi connectivity index (χ0) is 27.2. The molecule has 0 spiro atoms. The summed E-state index contributed by atoms with van der Waals surface area (Å²) in [6.45, 7) is 9.15. The van der Waals surface area contributed by atoms with Crippen molar-refractivity contribution < 1.29 is 12.8 Å². The fourth-order valence-electron chi connectivity index (χ4n) is 3.81. The molecule has 0 N–H and O–H groups in total. The molecule has 1 nitrogen and oxygen atoms in total. The number of nitrogens with zero attached hydrogens (tertiary/aromatic N) is 1. The van der Waals surface area contributed by atoms with Crippen LogP contribution in [0.25, 0.3) is 22.4 Å². The number of aryl methyl sites for hydroxylation is 3. The van der Waals surface area contributed by atoms with Crippen molar-refractivity contribution in [2.45, 2.75) is 60.7 Å². The minimum absolute atomic E-state index is 0.0185. The molecular weight excluding hydrogens is 362 g/mol. The number of benzene rings is 2. The van der Waals surface area contributed by atoms with Gasteiger partial charge in [-0.05, 0) is 71.8 Å². The van der Waals surface area contributed by atoms with E-state index in [4.69, 9.17) is 8.22 Å². The molecule has 30 heavy (non-hydrogen) atoms. The molecule has 0 fully saturated rings. The third-order valence-corrected chi connectivity index (χ3v) is 5.73.